The summed E-state index contributed by atoms with van der Waals surface area (Å²) in [6, 6.07) is 4.27. The normalized spacial score (nSPS) is 17.4. The van der Waals surface area contributed by atoms with E-state index in [1.165, 1.54) is 12.8 Å². The number of carbonyl (C=O) groups is 2. The zero-order chi connectivity index (χ0) is 13.6. The zero-order valence-electron chi connectivity index (χ0n) is 10.7. The fourth-order valence-electron chi connectivity index (χ4n) is 2.50. The number of Topliss-reactive ketones (excluding diaryl/α,β-unsaturated/α-hetero) is 1. The van der Waals surface area contributed by atoms with Crippen LogP contribution in [-0.2, 0) is 4.79 Å². The fraction of sp³-hybridized carbons (Fsp3) is 0.429. The number of nitrogens with one attached hydrogen (secondary N) is 1. The molecule has 100 valence electrons. The molecule has 1 aromatic carbocycles. The maximum atomic E-state index is 11.7. The van der Waals surface area contributed by atoms with Crippen LogP contribution < -0.4 is 10.2 Å². The van der Waals surface area contributed by atoms with Crippen LogP contribution in [0, 0.1) is 0 Å². The van der Waals surface area contributed by atoms with Crippen LogP contribution in [-0.4, -0.2) is 24.3 Å². The summed E-state index contributed by atoms with van der Waals surface area (Å²) in [5.41, 5.74) is 2.17. The number of anilines is 2. The maximum absolute atomic E-state index is 11.7. The lowest BCUT2D eigenvalue weighted by Crippen LogP contribution is -2.26. The number of benzene rings is 1. The average molecular weight is 323 g/mol. The lowest BCUT2D eigenvalue weighted by molar-refractivity contribution is -0.112. The summed E-state index contributed by atoms with van der Waals surface area (Å²) in [6.45, 7) is 3.14. The molecule has 1 aliphatic carbocycles. The molecule has 0 bridgehead atoms. The number of ketones is 1. The number of carbonyl (C=O) groups excluding carboxylic acids is 2. The molecule has 2 aliphatic rings. The van der Waals surface area contributed by atoms with E-state index in [2.05, 4.69) is 33.1 Å². The molecule has 0 unspecified atom stereocenters. The van der Waals surface area contributed by atoms with Crippen LogP contribution in [0.5, 0.6) is 0 Å². The van der Waals surface area contributed by atoms with Crippen molar-refractivity contribution < 1.29 is 9.59 Å². The smallest absolute Gasteiger partial charge is 0.296 e. The molecule has 5 heteroatoms. The molecule has 19 heavy (non-hydrogen) atoms. The van der Waals surface area contributed by atoms with Crippen LogP contribution in [0.2, 0.25) is 0 Å². The molecular formula is C14H15BrN2O2. The average Bonchev–Trinajstić information content (AvgIpc) is 3.17. The molecule has 1 aliphatic heterocycles. The highest BCUT2D eigenvalue weighted by atomic mass is 79.9. The number of fused-ring (bicyclic) bond motifs is 1. The first-order chi connectivity index (χ1) is 9.11. The third kappa shape index (κ3) is 2.16. The van der Waals surface area contributed by atoms with Crippen LogP contribution >= 0.6 is 15.9 Å². The summed E-state index contributed by atoms with van der Waals surface area (Å²) in [4.78, 5) is 25.4. The van der Waals surface area contributed by atoms with Gasteiger partial charge in [0.25, 0.3) is 11.7 Å². The number of nitrogens with zero attached hydrogens (tertiary/aromatic N) is 1. The van der Waals surface area contributed by atoms with E-state index in [1.807, 2.05) is 6.07 Å². The summed E-state index contributed by atoms with van der Waals surface area (Å²) in [7, 11) is 0. The summed E-state index contributed by atoms with van der Waals surface area (Å²) >= 11 is 3.53. The van der Waals surface area contributed by atoms with Gasteiger partial charge in [-0.15, -0.1) is 0 Å². The molecule has 1 aromatic rings. The SMILES string of the molecule is CCCN(c1cc2c(cc1Br)C(=O)C(=O)N2)C1CC1. The molecule has 0 atom stereocenters. The Morgan fingerprint density at radius 2 is 2.11 bits per heavy atom. The monoisotopic (exact) mass is 322 g/mol. The van der Waals surface area contributed by atoms with E-state index in [1.54, 1.807) is 6.07 Å². The van der Waals surface area contributed by atoms with Crippen LogP contribution in [0.15, 0.2) is 16.6 Å². The summed E-state index contributed by atoms with van der Waals surface area (Å²) in [6.07, 6.45) is 3.51. The van der Waals surface area contributed by atoms with E-state index in [0.717, 1.165) is 23.1 Å². The van der Waals surface area contributed by atoms with Gasteiger partial charge in [-0.2, -0.15) is 0 Å². The summed E-state index contributed by atoms with van der Waals surface area (Å²) in [5, 5.41) is 2.64. The second-order valence-corrected chi connectivity index (χ2v) is 5.91. The Labute approximate surface area is 120 Å². The largest absolute Gasteiger partial charge is 0.368 e. The first-order valence-electron chi connectivity index (χ1n) is 6.57. The predicted molar refractivity (Wildman–Crippen MR) is 77.8 cm³/mol. The molecule has 0 saturated heterocycles. The highest BCUT2D eigenvalue weighted by Gasteiger charge is 2.33. The van der Waals surface area contributed by atoms with Gasteiger partial charge >= 0.3 is 0 Å². The van der Waals surface area contributed by atoms with Gasteiger partial charge in [0.15, 0.2) is 0 Å². The number of hydrogen-bond donors (Lipinski definition) is 1. The van der Waals surface area contributed by atoms with E-state index < -0.39 is 11.7 Å². The van der Waals surface area contributed by atoms with Crippen molar-refractivity contribution in [3.63, 3.8) is 0 Å². The van der Waals surface area contributed by atoms with Gasteiger partial charge < -0.3 is 10.2 Å². The van der Waals surface area contributed by atoms with Crippen LogP contribution in [0.4, 0.5) is 11.4 Å². The molecule has 0 spiro atoms. The predicted octanol–water partition coefficient (Wildman–Crippen LogP) is 2.96. The Hall–Kier alpha value is -1.36. The molecule has 0 aromatic heterocycles. The third-order valence-electron chi connectivity index (χ3n) is 3.55. The molecular weight excluding hydrogens is 308 g/mol. The molecule has 1 heterocycles. The summed E-state index contributed by atoms with van der Waals surface area (Å²) in [5.74, 6) is -0.983. The highest BCUT2D eigenvalue weighted by Crippen LogP contribution is 2.40. The Morgan fingerprint density at radius 3 is 2.74 bits per heavy atom. The Bertz CT molecular complexity index is 567. The lowest BCUT2D eigenvalue weighted by Gasteiger charge is -2.26. The number of hydrogen-bond acceptors (Lipinski definition) is 3. The molecule has 1 N–H and O–H groups in total. The van der Waals surface area contributed by atoms with Gasteiger partial charge in [-0.3, -0.25) is 9.59 Å². The van der Waals surface area contributed by atoms with Crippen molar-refractivity contribution in [2.24, 2.45) is 0 Å². The molecule has 1 saturated carbocycles. The lowest BCUT2D eigenvalue weighted by atomic mass is 10.1. The number of rotatable bonds is 4. The first-order valence-corrected chi connectivity index (χ1v) is 7.37. The molecule has 4 nitrogen and oxygen atoms in total. The van der Waals surface area contributed by atoms with Gasteiger partial charge in [0.05, 0.1) is 16.9 Å². The van der Waals surface area contributed by atoms with E-state index >= 15 is 0 Å². The van der Waals surface area contributed by atoms with Crippen molar-refractivity contribution >= 4 is 39.0 Å². The second-order valence-electron chi connectivity index (χ2n) is 5.06. The van der Waals surface area contributed by atoms with Crippen molar-refractivity contribution in [3.8, 4) is 0 Å². The van der Waals surface area contributed by atoms with Crippen LogP contribution in [0.25, 0.3) is 0 Å². The number of halogens is 1. The zero-order valence-corrected chi connectivity index (χ0v) is 12.3. The topological polar surface area (TPSA) is 49.4 Å². The van der Waals surface area contributed by atoms with Gasteiger partial charge in [-0.25, -0.2) is 0 Å². The van der Waals surface area contributed by atoms with Crippen molar-refractivity contribution in [2.75, 3.05) is 16.8 Å². The van der Waals surface area contributed by atoms with E-state index in [9.17, 15) is 9.59 Å². The van der Waals surface area contributed by atoms with Crippen molar-refractivity contribution in [2.45, 2.75) is 32.2 Å². The fourth-order valence-corrected chi connectivity index (χ4v) is 3.07. The van der Waals surface area contributed by atoms with E-state index in [0.29, 0.717) is 17.3 Å². The van der Waals surface area contributed by atoms with Gasteiger partial charge in [0, 0.05) is 17.1 Å². The highest BCUT2D eigenvalue weighted by molar-refractivity contribution is 9.10. The molecule has 0 radical (unpaired) electrons. The van der Waals surface area contributed by atoms with Crippen molar-refractivity contribution in [1.29, 1.82) is 0 Å². The first kappa shape index (κ1) is 12.7. The van der Waals surface area contributed by atoms with E-state index in [-0.39, 0.29) is 0 Å². The quantitative estimate of drug-likeness (QED) is 0.867. The van der Waals surface area contributed by atoms with Gasteiger partial charge in [0.1, 0.15) is 0 Å². The van der Waals surface area contributed by atoms with Crippen molar-refractivity contribution in [3.05, 3.63) is 22.2 Å². The Balaban J connectivity index is 2.01. The maximum Gasteiger partial charge on any atom is 0.296 e. The molecule has 3 rings (SSSR count). The summed E-state index contributed by atoms with van der Waals surface area (Å²) < 4.78 is 0.886. The number of amides is 1. The second kappa shape index (κ2) is 4.63. The Kier molecular flexibility index (Phi) is 3.09. The van der Waals surface area contributed by atoms with Crippen molar-refractivity contribution in [1.82, 2.24) is 0 Å². The Morgan fingerprint density at radius 1 is 1.37 bits per heavy atom. The minimum atomic E-state index is -0.535. The van der Waals surface area contributed by atoms with E-state index in [4.69, 9.17) is 0 Å². The molecule has 1 amide bonds. The third-order valence-corrected chi connectivity index (χ3v) is 4.18. The minimum absolute atomic E-state index is 0.448. The van der Waals surface area contributed by atoms with Crippen LogP contribution in [0.3, 0.4) is 0 Å². The van der Waals surface area contributed by atoms with Gasteiger partial charge in [-0.1, -0.05) is 6.92 Å². The van der Waals surface area contributed by atoms with Gasteiger partial charge in [-0.05, 0) is 47.3 Å². The van der Waals surface area contributed by atoms with Crippen LogP contribution in [0.1, 0.15) is 36.5 Å². The van der Waals surface area contributed by atoms with Gasteiger partial charge in [0.2, 0.25) is 0 Å². The standard InChI is InChI=1S/C14H15BrN2O2/c1-2-5-17(8-3-4-8)12-7-11-9(6-10(12)15)13(18)14(19)16-11/h6-8H,2-5H2,1H3,(H,16,18,19). The molecule has 1 fully saturated rings. The minimum Gasteiger partial charge on any atom is -0.368 e.